The first-order chi connectivity index (χ1) is 21.1. The van der Waals surface area contributed by atoms with Crippen LogP contribution in [0.3, 0.4) is 0 Å². The fraction of sp³-hybridized carbons (Fsp3) is 0.257. The molecule has 230 valence electrons. The number of carbonyl (C=O) groups excluding carboxylic acids is 2. The standard InChI is InChI=1S/C35H38ClN3O4S/c1-26(2)23-37-35(41)33(22-28-13-7-4-8-14-28)38(24-29-15-9-5-10-16-29)34(40)25-39(32-20-19-30(36)21-27(32)3)44(42,43)31-17-11-6-12-18-31/h4-21,26,33H,22-25H2,1-3H3,(H,37,41). The van der Waals surface area contributed by atoms with Crippen LogP contribution in [-0.2, 0) is 32.6 Å². The Hall–Kier alpha value is -4.14. The van der Waals surface area contributed by atoms with E-state index in [2.05, 4.69) is 5.32 Å². The SMILES string of the molecule is Cc1cc(Cl)ccc1N(CC(=O)N(Cc1ccccc1)C(Cc1ccccc1)C(=O)NCC(C)C)S(=O)(=O)c1ccccc1. The second-order valence-electron chi connectivity index (χ2n) is 11.1. The summed E-state index contributed by atoms with van der Waals surface area (Å²) in [5.41, 5.74) is 2.62. The Bertz CT molecular complexity index is 1650. The first-order valence-electron chi connectivity index (χ1n) is 14.5. The van der Waals surface area contributed by atoms with E-state index < -0.39 is 28.5 Å². The maximum Gasteiger partial charge on any atom is 0.264 e. The van der Waals surface area contributed by atoms with Crippen molar-refractivity contribution in [2.75, 3.05) is 17.4 Å². The van der Waals surface area contributed by atoms with Crippen molar-refractivity contribution < 1.29 is 18.0 Å². The van der Waals surface area contributed by atoms with Crippen molar-refractivity contribution in [2.45, 2.75) is 44.7 Å². The van der Waals surface area contributed by atoms with Crippen LogP contribution in [0.2, 0.25) is 5.02 Å². The van der Waals surface area contributed by atoms with Crippen molar-refractivity contribution in [3.63, 3.8) is 0 Å². The molecule has 0 aliphatic heterocycles. The van der Waals surface area contributed by atoms with Crippen LogP contribution in [0.5, 0.6) is 0 Å². The van der Waals surface area contributed by atoms with E-state index >= 15 is 0 Å². The predicted molar refractivity (Wildman–Crippen MR) is 176 cm³/mol. The number of amides is 2. The summed E-state index contributed by atoms with van der Waals surface area (Å²) in [5.74, 6) is -0.607. The number of hydrogen-bond donors (Lipinski definition) is 1. The molecule has 0 radical (unpaired) electrons. The van der Waals surface area contributed by atoms with E-state index in [0.717, 1.165) is 15.4 Å². The number of anilines is 1. The van der Waals surface area contributed by atoms with Crippen LogP contribution < -0.4 is 9.62 Å². The topological polar surface area (TPSA) is 86.8 Å². The molecule has 7 nitrogen and oxygen atoms in total. The molecule has 9 heteroatoms. The zero-order valence-electron chi connectivity index (χ0n) is 25.2. The largest absolute Gasteiger partial charge is 0.354 e. The van der Waals surface area contributed by atoms with Crippen molar-refractivity contribution in [3.8, 4) is 0 Å². The number of rotatable bonds is 13. The van der Waals surface area contributed by atoms with E-state index in [1.54, 1.807) is 43.3 Å². The van der Waals surface area contributed by atoms with Gasteiger partial charge in [0.05, 0.1) is 10.6 Å². The van der Waals surface area contributed by atoms with Gasteiger partial charge in [0.15, 0.2) is 0 Å². The second-order valence-corrected chi connectivity index (χ2v) is 13.4. The van der Waals surface area contributed by atoms with Gasteiger partial charge in [-0.25, -0.2) is 8.42 Å². The maximum atomic E-state index is 14.5. The van der Waals surface area contributed by atoms with Crippen LogP contribution in [-0.4, -0.2) is 44.3 Å². The minimum atomic E-state index is -4.18. The molecule has 44 heavy (non-hydrogen) atoms. The number of nitrogens with zero attached hydrogens (tertiary/aromatic N) is 2. The zero-order chi connectivity index (χ0) is 31.7. The molecule has 1 N–H and O–H groups in total. The molecule has 4 rings (SSSR count). The Kier molecular flexibility index (Phi) is 11.2. The first-order valence-corrected chi connectivity index (χ1v) is 16.4. The summed E-state index contributed by atoms with van der Waals surface area (Å²) in [7, 11) is -4.18. The molecule has 0 bridgehead atoms. The highest BCUT2D eigenvalue weighted by molar-refractivity contribution is 7.92. The quantitative estimate of drug-likeness (QED) is 0.189. The molecule has 2 amide bonds. The summed E-state index contributed by atoms with van der Waals surface area (Å²) in [6.45, 7) is 5.79. The van der Waals surface area contributed by atoms with Crippen LogP contribution in [0, 0.1) is 12.8 Å². The normalized spacial score (nSPS) is 12.0. The highest BCUT2D eigenvalue weighted by Gasteiger charge is 2.35. The van der Waals surface area contributed by atoms with E-state index in [4.69, 9.17) is 11.6 Å². The van der Waals surface area contributed by atoms with E-state index in [9.17, 15) is 18.0 Å². The van der Waals surface area contributed by atoms with E-state index in [0.29, 0.717) is 22.8 Å². The summed E-state index contributed by atoms with van der Waals surface area (Å²) in [6, 6.07) is 30.8. The third kappa shape index (κ3) is 8.49. The molecule has 0 spiro atoms. The molecule has 1 atom stereocenters. The fourth-order valence-corrected chi connectivity index (χ4v) is 6.61. The number of aryl methyl sites for hydroxylation is 1. The van der Waals surface area contributed by atoms with Crippen LogP contribution in [0.4, 0.5) is 5.69 Å². The highest BCUT2D eigenvalue weighted by atomic mass is 35.5. The molecule has 0 aliphatic carbocycles. The minimum absolute atomic E-state index is 0.0484. The van der Waals surface area contributed by atoms with Gasteiger partial charge in [0.1, 0.15) is 12.6 Å². The van der Waals surface area contributed by atoms with Crippen LogP contribution in [0.1, 0.15) is 30.5 Å². The Balaban J connectivity index is 1.80. The Labute approximate surface area is 265 Å². The van der Waals surface area contributed by atoms with Gasteiger partial charge in [-0.05, 0) is 59.9 Å². The highest BCUT2D eigenvalue weighted by Crippen LogP contribution is 2.29. The average Bonchev–Trinajstić information content (AvgIpc) is 3.02. The number of nitrogens with one attached hydrogen (secondary N) is 1. The molecule has 0 aromatic heterocycles. The lowest BCUT2D eigenvalue weighted by molar-refractivity contribution is -0.140. The van der Waals surface area contributed by atoms with Crippen molar-refractivity contribution >= 4 is 39.1 Å². The Morgan fingerprint density at radius 3 is 1.95 bits per heavy atom. The van der Waals surface area contributed by atoms with Gasteiger partial charge >= 0.3 is 0 Å². The summed E-state index contributed by atoms with van der Waals surface area (Å²) in [5, 5.41) is 3.45. The van der Waals surface area contributed by atoms with Crippen molar-refractivity contribution in [2.24, 2.45) is 5.92 Å². The van der Waals surface area contributed by atoms with Gasteiger partial charge < -0.3 is 10.2 Å². The first kappa shape index (κ1) is 32.8. The lowest BCUT2D eigenvalue weighted by Gasteiger charge is -2.34. The lowest BCUT2D eigenvalue weighted by atomic mass is 10.0. The van der Waals surface area contributed by atoms with Crippen molar-refractivity contribution in [3.05, 3.63) is 131 Å². The Morgan fingerprint density at radius 1 is 0.818 bits per heavy atom. The third-order valence-corrected chi connectivity index (χ3v) is 9.20. The summed E-state index contributed by atoms with van der Waals surface area (Å²) in [4.78, 5) is 29.8. The summed E-state index contributed by atoms with van der Waals surface area (Å²) >= 11 is 6.22. The molecular weight excluding hydrogens is 594 g/mol. The monoisotopic (exact) mass is 631 g/mol. The molecule has 1 unspecified atom stereocenters. The third-order valence-electron chi connectivity index (χ3n) is 7.19. The molecule has 0 fully saturated rings. The van der Waals surface area contributed by atoms with Gasteiger partial charge in [0, 0.05) is 24.5 Å². The van der Waals surface area contributed by atoms with Gasteiger partial charge in [0.25, 0.3) is 10.0 Å². The van der Waals surface area contributed by atoms with Crippen LogP contribution in [0.25, 0.3) is 0 Å². The smallest absolute Gasteiger partial charge is 0.264 e. The van der Waals surface area contributed by atoms with Gasteiger partial charge in [-0.1, -0.05) is 104 Å². The maximum absolute atomic E-state index is 14.5. The van der Waals surface area contributed by atoms with Gasteiger partial charge in [-0.3, -0.25) is 13.9 Å². The van der Waals surface area contributed by atoms with Crippen molar-refractivity contribution in [1.29, 1.82) is 0 Å². The van der Waals surface area contributed by atoms with Crippen LogP contribution in [0.15, 0.2) is 114 Å². The zero-order valence-corrected chi connectivity index (χ0v) is 26.8. The number of hydrogen-bond acceptors (Lipinski definition) is 4. The average molecular weight is 632 g/mol. The molecule has 0 saturated heterocycles. The van der Waals surface area contributed by atoms with Gasteiger partial charge in [-0.2, -0.15) is 0 Å². The number of halogens is 1. The van der Waals surface area contributed by atoms with Gasteiger partial charge in [0.2, 0.25) is 11.8 Å². The molecule has 0 saturated carbocycles. The fourth-order valence-electron chi connectivity index (χ4n) is 4.89. The lowest BCUT2D eigenvalue weighted by Crippen LogP contribution is -2.53. The summed E-state index contributed by atoms with van der Waals surface area (Å²) in [6.07, 6.45) is 0.259. The molecule has 4 aromatic carbocycles. The summed E-state index contributed by atoms with van der Waals surface area (Å²) < 4.78 is 29.3. The second kappa shape index (κ2) is 15.0. The Morgan fingerprint density at radius 2 is 1.39 bits per heavy atom. The number of carbonyl (C=O) groups is 2. The van der Waals surface area contributed by atoms with Crippen molar-refractivity contribution in [1.82, 2.24) is 10.2 Å². The van der Waals surface area contributed by atoms with E-state index in [1.807, 2.05) is 74.5 Å². The molecule has 0 heterocycles. The molecule has 4 aromatic rings. The molecular formula is C35H38ClN3O4S. The van der Waals surface area contributed by atoms with E-state index in [1.165, 1.54) is 17.0 Å². The van der Waals surface area contributed by atoms with E-state index in [-0.39, 0.29) is 29.7 Å². The van der Waals surface area contributed by atoms with Gasteiger partial charge in [-0.15, -0.1) is 0 Å². The predicted octanol–water partition coefficient (Wildman–Crippen LogP) is 6.26. The minimum Gasteiger partial charge on any atom is -0.354 e. The number of sulfonamides is 1. The number of benzene rings is 4. The molecule has 0 aliphatic rings. The van der Waals surface area contributed by atoms with Crippen LogP contribution >= 0.6 is 11.6 Å².